The Labute approximate surface area is 281 Å². The molecule has 1 N–H and O–H groups in total. The van der Waals surface area contributed by atoms with Gasteiger partial charge in [-0.1, -0.05) is 48.4 Å². The molecule has 0 radical (unpaired) electrons. The smallest absolute Gasteiger partial charge is 0.283 e. The van der Waals surface area contributed by atoms with Gasteiger partial charge in [-0.3, -0.25) is 44.4 Å². The van der Waals surface area contributed by atoms with Crippen LogP contribution in [0.3, 0.4) is 0 Å². The number of nitrogens with one attached hydrogen (secondary N) is 1. The third-order valence-electron chi connectivity index (χ3n) is 8.53. The lowest BCUT2D eigenvalue weighted by Crippen LogP contribution is -2.54. The van der Waals surface area contributed by atoms with Gasteiger partial charge in [0.25, 0.3) is 17.5 Å². The molecule has 1 aliphatic carbocycles. The molecule has 2 aliphatic heterocycles. The van der Waals surface area contributed by atoms with Crippen molar-refractivity contribution in [3.05, 3.63) is 87.5 Å². The highest BCUT2D eigenvalue weighted by Gasteiger charge is 2.48. The molecular weight excluding hydrogens is 659 g/mol. The molecule has 11 nitrogen and oxygen atoms in total. The summed E-state index contributed by atoms with van der Waals surface area (Å²) in [5, 5.41) is 14.6. The maximum absolute atomic E-state index is 13.4. The number of thiazole rings is 1. The number of aromatic nitrogens is 1. The quantitative estimate of drug-likeness (QED) is 0.0630. The summed E-state index contributed by atoms with van der Waals surface area (Å²) in [4.78, 5) is 71.4. The van der Waals surface area contributed by atoms with E-state index in [1.54, 1.807) is 42.5 Å². The van der Waals surface area contributed by atoms with Crippen LogP contribution < -0.4 is 15.1 Å². The van der Waals surface area contributed by atoms with E-state index in [2.05, 4.69) is 10.3 Å². The van der Waals surface area contributed by atoms with Crippen molar-refractivity contribution in [2.24, 2.45) is 11.8 Å². The Balaban J connectivity index is 1.15. The van der Waals surface area contributed by atoms with Gasteiger partial charge in [-0.15, -0.1) is 11.3 Å². The molecule has 1 saturated carbocycles. The van der Waals surface area contributed by atoms with Crippen molar-refractivity contribution in [2.75, 3.05) is 9.80 Å². The molecule has 7 rings (SSSR count). The van der Waals surface area contributed by atoms with Crippen LogP contribution >= 0.6 is 35.3 Å². The molecule has 236 valence electrons. The first-order valence-corrected chi connectivity index (χ1v) is 16.9. The van der Waals surface area contributed by atoms with Crippen molar-refractivity contribution in [1.82, 2.24) is 10.3 Å². The Bertz CT molecular complexity index is 2050. The normalized spacial score (nSPS) is 20.7. The molecule has 3 aromatic carbocycles. The van der Waals surface area contributed by atoms with E-state index in [0.29, 0.717) is 26.1 Å². The van der Waals surface area contributed by atoms with Gasteiger partial charge in [0.1, 0.15) is 5.57 Å². The summed E-state index contributed by atoms with van der Waals surface area (Å²) in [5.74, 6) is -2.16. The Kier molecular flexibility index (Phi) is 7.94. The highest BCUT2D eigenvalue weighted by molar-refractivity contribution is 8.01. The lowest BCUT2D eigenvalue weighted by molar-refractivity contribution is -0.387. The maximum atomic E-state index is 13.4. The third kappa shape index (κ3) is 5.62. The van der Waals surface area contributed by atoms with Crippen LogP contribution in [0.4, 0.5) is 17.1 Å². The van der Waals surface area contributed by atoms with Crippen LogP contribution in [0.1, 0.15) is 36.8 Å². The molecule has 3 aliphatic rings. The minimum Gasteiger partial charge on any atom is -0.298 e. The first kappa shape index (κ1) is 30.8. The number of thiocarbonyl (C=S) groups is 1. The maximum Gasteiger partial charge on any atom is 0.283 e. The van der Waals surface area contributed by atoms with Crippen LogP contribution in [-0.2, 0) is 19.2 Å². The standard InChI is InChI=1S/C33H25N5O6S3/c1-17-6-9-19(10-7-17)37-31(42)23(28(39)35-32(37)45)14-18-8-13-26(25(15-18)38(43)44)46-33-34-24-12-11-20(16-27(24)47-33)36-29(40)21-4-2-3-5-22(21)30(36)41/h6-16,21-22H,2-5H2,1H3,(H,35,39,45)/b23-14+/t21-,22-/m0/s1. The molecule has 3 fully saturated rings. The number of nitro benzene ring substituents is 1. The summed E-state index contributed by atoms with van der Waals surface area (Å²) in [7, 11) is 0. The van der Waals surface area contributed by atoms with Gasteiger partial charge < -0.3 is 0 Å². The fraction of sp³-hybridized carbons (Fsp3) is 0.212. The van der Waals surface area contributed by atoms with E-state index in [4.69, 9.17) is 12.2 Å². The van der Waals surface area contributed by atoms with E-state index in [0.717, 1.165) is 47.7 Å². The molecular formula is C33H25N5O6S3. The number of hydrogen-bond acceptors (Lipinski definition) is 10. The number of fused-ring (bicyclic) bond motifs is 2. The average molecular weight is 684 g/mol. The van der Waals surface area contributed by atoms with Crippen LogP contribution in [0.25, 0.3) is 16.3 Å². The summed E-state index contributed by atoms with van der Waals surface area (Å²) >= 11 is 7.66. The zero-order valence-electron chi connectivity index (χ0n) is 24.8. The van der Waals surface area contributed by atoms with E-state index in [1.807, 2.05) is 19.1 Å². The van der Waals surface area contributed by atoms with E-state index in [1.165, 1.54) is 33.3 Å². The molecule has 14 heteroatoms. The molecule has 2 saturated heterocycles. The van der Waals surface area contributed by atoms with Crippen molar-refractivity contribution < 1.29 is 24.1 Å². The SMILES string of the molecule is Cc1ccc(N2C(=O)/C(=C/c3ccc(Sc4nc5ccc(N6C(=O)[C@H]7CCCC[C@@H]7C6=O)cc5s4)c([N+](=O)[O-])c3)C(=O)NC2=S)cc1. The Morgan fingerprint density at radius 1 is 0.957 bits per heavy atom. The van der Waals surface area contributed by atoms with Gasteiger partial charge in [0.2, 0.25) is 11.8 Å². The van der Waals surface area contributed by atoms with Crippen LogP contribution in [0.2, 0.25) is 0 Å². The van der Waals surface area contributed by atoms with Crippen LogP contribution in [0.5, 0.6) is 0 Å². The van der Waals surface area contributed by atoms with Gasteiger partial charge in [-0.25, -0.2) is 4.98 Å². The van der Waals surface area contributed by atoms with Crippen LogP contribution in [0.15, 0.2) is 75.5 Å². The minimum atomic E-state index is -0.700. The van der Waals surface area contributed by atoms with Crippen molar-refractivity contribution >= 4 is 97.4 Å². The minimum absolute atomic E-state index is 0.0571. The number of carbonyl (C=O) groups is 4. The van der Waals surface area contributed by atoms with E-state index >= 15 is 0 Å². The Morgan fingerprint density at radius 3 is 2.32 bits per heavy atom. The molecule has 3 heterocycles. The van der Waals surface area contributed by atoms with Crippen molar-refractivity contribution in [3.8, 4) is 0 Å². The molecule has 0 bridgehead atoms. The molecule has 1 aromatic heterocycles. The molecule has 47 heavy (non-hydrogen) atoms. The summed E-state index contributed by atoms with van der Waals surface area (Å²) < 4.78 is 1.27. The number of benzene rings is 3. The number of amides is 4. The van der Waals surface area contributed by atoms with Gasteiger partial charge in [0, 0.05) is 6.07 Å². The first-order valence-electron chi connectivity index (χ1n) is 14.8. The van der Waals surface area contributed by atoms with Crippen molar-refractivity contribution in [3.63, 3.8) is 0 Å². The summed E-state index contributed by atoms with van der Waals surface area (Å²) in [6.07, 6.45) is 4.66. The molecule has 0 unspecified atom stereocenters. The number of nitro groups is 1. The molecule has 4 amide bonds. The van der Waals surface area contributed by atoms with Gasteiger partial charge in [-0.2, -0.15) is 0 Å². The van der Waals surface area contributed by atoms with Gasteiger partial charge >= 0.3 is 0 Å². The van der Waals surface area contributed by atoms with E-state index < -0.39 is 16.7 Å². The number of anilines is 2. The summed E-state index contributed by atoms with van der Waals surface area (Å²) in [5.41, 5.74) is 2.45. The second kappa shape index (κ2) is 12.1. The zero-order chi connectivity index (χ0) is 33.0. The third-order valence-corrected chi connectivity index (χ3v) is 11.0. The summed E-state index contributed by atoms with van der Waals surface area (Å²) in [6, 6.07) is 16.7. The fourth-order valence-electron chi connectivity index (χ4n) is 6.19. The van der Waals surface area contributed by atoms with E-state index in [-0.39, 0.29) is 45.6 Å². The fourth-order valence-corrected chi connectivity index (χ4v) is 8.61. The lowest BCUT2D eigenvalue weighted by atomic mass is 9.81. The molecule has 0 spiro atoms. The Hall–Kier alpha value is -4.79. The number of hydrogen-bond donors (Lipinski definition) is 1. The van der Waals surface area contributed by atoms with Crippen LogP contribution in [-0.4, -0.2) is 38.6 Å². The Morgan fingerprint density at radius 2 is 1.64 bits per heavy atom. The first-order chi connectivity index (χ1) is 22.6. The predicted molar refractivity (Wildman–Crippen MR) is 182 cm³/mol. The summed E-state index contributed by atoms with van der Waals surface area (Å²) in [6.45, 7) is 1.90. The van der Waals surface area contributed by atoms with Gasteiger partial charge in [0.05, 0.1) is 43.2 Å². The van der Waals surface area contributed by atoms with E-state index in [9.17, 15) is 29.3 Å². The monoisotopic (exact) mass is 683 g/mol. The second-order valence-electron chi connectivity index (χ2n) is 11.5. The molecule has 2 atom stereocenters. The van der Waals surface area contributed by atoms with Crippen molar-refractivity contribution in [2.45, 2.75) is 41.8 Å². The van der Waals surface area contributed by atoms with Gasteiger partial charge in [0.15, 0.2) is 9.45 Å². The van der Waals surface area contributed by atoms with Gasteiger partial charge in [-0.05, 0) is 80.0 Å². The number of nitrogens with zero attached hydrogens (tertiary/aromatic N) is 4. The molecule has 4 aromatic rings. The highest BCUT2D eigenvalue weighted by Crippen LogP contribution is 2.43. The lowest BCUT2D eigenvalue weighted by Gasteiger charge is -2.29. The number of carbonyl (C=O) groups excluding carboxylic acids is 4. The number of aryl methyl sites for hydroxylation is 1. The zero-order valence-corrected chi connectivity index (χ0v) is 27.2. The predicted octanol–water partition coefficient (Wildman–Crippen LogP) is 6.18. The number of imide groups is 1. The second-order valence-corrected chi connectivity index (χ2v) is 14.2. The largest absolute Gasteiger partial charge is 0.298 e. The highest BCUT2D eigenvalue weighted by atomic mass is 32.2. The average Bonchev–Trinajstić information content (AvgIpc) is 3.57. The number of rotatable bonds is 6. The van der Waals surface area contributed by atoms with Crippen molar-refractivity contribution in [1.29, 1.82) is 0 Å². The van der Waals surface area contributed by atoms with Crippen LogP contribution in [0, 0.1) is 28.9 Å². The topological polar surface area (TPSA) is 143 Å².